The van der Waals surface area contributed by atoms with Crippen LogP contribution < -0.4 is 0 Å². The summed E-state index contributed by atoms with van der Waals surface area (Å²) in [5.74, 6) is 0.0882. The first-order valence-corrected chi connectivity index (χ1v) is 5.30. The largest absolute Gasteiger partial charge is 0.294 e. The van der Waals surface area contributed by atoms with E-state index in [-0.39, 0.29) is 5.78 Å². The van der Waals surface area contributed by atoms with E-state index in [9.17, 15) is 4.79 Å². The van der Waals surface area contributed by atoms with E-state index >= 15 is 0 Å². The third-order valence-electron chi connectivity index (χ3n) is 2.36. The fraction of sp³-hybridized carbons (Fsp3) is 0.143. The Bertz CT molecular complexity index is 543. The summed E-state index contributed by atoms with van der Waals surface area (Å²) in [6.45, 7) is 1.84. The molecule has 1 aromatic heterocycles. The maximum atomic E-state index is 11.4. The Morgan fingerprint density at radius 1 is 1.25 bits per heavy atom. The number of fused-ring (bicyclic) bond motifs is 1. The molecule has 0 aliphatic heterocycles. The number of aromatic nitrogens is 1. The summed E-state index contributed by atoms with van der Waals surface area (Å²) in [5, 5.41) is 1.10. The van der Waals surface area contributed by atoms with Gasteiger partial charge in [-0.15, -0.1) is 0 Å². The number of pyridine rings is 1. The molecule has 0 saturated carbocycles. The summed E-state index contributed by atoms with van der Waals surface area (Å²) in [4.78, 5) is 15.9. The number of hydrogen-bond donors (Lipinski definition) is 0. The molecule has 0 fully saturated rings. The van der Waals surface area contributed by atoms with E-state index in [0.29, 0.717) is 6.42 Å². The first kappa shape index (κ1) is 10.6. The molecule has 0 aliphatic carbocycles. The van der Waals surface area contributed by atoms with Crippen LogP contribution in [0.4, 0.5) is 0 Å². The van der Waals surface area contributed by atoms with Gasteiger partial charge >= 0.3 is 0 Å². The molecule has 2 rings (SSSR count). The van der Waals surface area contributed by atoms with Crippen molar-refractivity contribution in [1.29, 1.82) is 0 Å². The van der Waals surface area contributed by atoms with Gasteiger partial charge in [0.15, 0.2) is 5.78 Å². The summed E-state index contributed by atoms with van der Waals surface area (Å²) in [6.07, 6.45) is 3.70. The quantitative estimate of drug-likeness (QED) is 0.731. The molecule has 1 heterocycles. The third-order valence-corrected chi connectivity index (χ3v) is 2.36. The fourth-order valence-corrected chi connectivity index (χ4v) is 1.63. The minimum atomic E-state index is 0.0882. The Morgan fingerprint density at radius 2 is 2.06 bits per heavy atom. The first-order valence-electron chi connectivity index (χ1n) is 5.30. The number of ketones is 1. The van der Waals surface area contributed by atoms with Gasteiger partial charge in [0.05, 0.1) is 11.9 Å². The van der Waals surface area contributed by atoms with E-state index in [1.54, 1.807) is 12.2 Å². The highest BCUT2D eigenvalue weighted by Gasteiger charge is 2.02. The van der Waals surface area contributed by atoms with Crippen LogP contribution in [0.1, 0.15) is 12.6 Å². The van der Waals surface area contributed by atoms with Crippen molar-refractivity contribution >= 4 is 16.7 Å². The average molecular weight is 211 g/mol. The van der Waals surface area contributed by atoms with Crippen LogP contribution in [0.15, 0.2) is 48.6 Å². The van der Waals surface area contributed by atoms with Crippen LogP contribution in [-0.4, -0.2) is 10.8 Å². The van der Waals surface area contributed by atoms with Crippen LogP contribution in [0.3, 0.4) is 0 Å². The Morgan fingerprint density at radius 3 is 2.88 bits per heavy atom. The van der Waals surface area contributed by atoms with Gasteiger partial charge in [0.2, 0.25) is 0 Å². The number of para-hydroxylation sites is 1. The number of carbonyl (C=O) groups is 1. The van der Waals surface area contributed by atoms with Crippen molar-refractivity contribution in [3.05, 3.63) is 54.2 Å². The second-order valence-corrected chi connectivity index (χ2v) is 3.64. The van der Waals surface area contributed by atoms with Gasteiger partial charge in [-0.1, -0.05) is 30.3 Å². The lowest BCUT2D eigenvalue weighted by molar-refractivity contribution is -0.114. The fourth-order valence-electron chi connectivity index (χ4n) is 1.63. The third kappa shape index (κ3) is 2.34. The zero-order valence-electron chi connectivity index (χ0n) is 9.18. The predicted molar refractivity (Wildman–Crippen MR) is 65.3 cm³/mol. The minimum absolute atomic E-state index is 0.0882. The van der Waals surface area contributed by atoms with E-state index in [0.717, 1.165) is 16.6 Å². The van der Waals surface area contributed by atoms with Crippen molar-refractivity contribution in [2.75, 3.05) is 0 Å². The maximum absolute atomic E-state index is 11.4. The molecule has 2 heteroatoms. The molecule has 2 nitrogen and oxygen atoms in total. The second-order valence-electron chi connectivity index (χ2n) is 3.64. The van der Waals surface area contributed by atoms with Crippen molar-refractivity contribution in [3.63, 3.8) is 0 Å². The molecular weight excluding hydrogens is 198 g/mol. The highest BCUT2D eigenvalue weighted by atomic mass is 16.1. The minimum Gasteiger partial charge on any atom is -0.294 e. The van der Waals surface area contributed by atoms with Crippen LogP contribution in [0.25, 0.3) is 10.9 Å². The van der Waals surface area contributed by atoms with Crippen molar-refractivity contribution in [2.45, 2.75) is 13.3 Å². The van der Waals surface area contributed by atoms with Crippen LogP contribution in [0.2, 0.25) is 0 Å². The van der Waals surface area contributed by atoms with Gasteiger partial charge in [0.25, 0.3) is 0 Å². The molecule has 0 N–H and O–H groups in total. The second kappa shape index (κ2) is 4.71. The van der Waals surface area contributed by atoms with Gasteiger partial charge in [-0.3, -0.25) is 9.78 Å². The van der Waals surface area contributed by atoms with E-state index < -0.39 is 0 Å². The predicted octanol–water partition coefficient (Wildman–Crippen LogP) is 2.92. The monoisotopic (exact) mass is 211 g/mol. The molecule has 0 saturated heterocycles. The van der Waals surface area contributed by atoms with Crippen LogP contribution >= 0.6 is 0 Å². The van der Waals surface area contributed by atoms with Gasteiger partial charge in [-0.25, -0.2) is 0 Å². The molecule has 1 aromatic carbocycles. The Balaban J connectivity index is 2.29. The van der Waals surface area contributed by atoms with Gasteiger partial charge in [-0.05, 0) is 25.1 Å². The molecule has 0 amide bonds. The number of rotatable bonds is 3. The molecule has 0 aliphatic rings. The van der Waals surface area contributed by atoms with Crippen molar-refractivity contribution in [1.82, 2.24) is 4.98 Å². The van der Waals surface area contributed by atoms with Crippen molar-refractivity contribution < 1.29 is 4.79 Å². The Hall–Kier alpha value is -1.96. The molecule has 0 atom stereocenters. The van der Waals surface area contributed by atoms with Crippen molar-refractivity contribution in [2.24, 2.45) is 0 Å². The lowest BCUT2D eigenvalue weighted by atomic mass is 10.1. The summed E-state index contributed by atoms with van der Waals surface area (Å²) >= 11 is 0. The van der Waals surface area contributed by atoms with Gasteiger partial charge < -0.3 is 0 Å². The molecular formula is C14H13NO. The highest BCUT2D eigenvalue weighted by molar-refractivity contribution is 5.91. The molecule has 0 unspecified atom stereocenters. The molecule has 0 spiro atoms. The van der Waals surface area contributed by atoms with Crippen molar-refractivity contribution in [3.8, 4) is 0 Å². The average Bonchev–Trinajstić information content (AvgIpc) is 2.29. The van der Waals surface area contributed by atoms with Crippen LogP contribution in [0.5, 0.6) is 0 Å². The molecule has 0 bridgehead atoms. The summed E-state index contributed by atoms with van der Waals surface area (Å²) in [5.41, 5.74) is 1.76. The molecule has 0 radical (unpaired) electrons. The van der Waals surface area contributed by atoms with Gasteiger partial charge in [0.1, 0.15) is 0 Å². The number of allylic oxidation sites excluding steroid dienone is 2. The lowest BCUT2D eigenvalue weighted by Crippen LogP contribution is -2.00. The summed E-state index contributed by atoms with van der Waals surface area (Å²) in [6, 6.07) is 11.8. The van der Waals surface area contributed by atoms with Crippen LogP contribution in [-0.2, 0) is 11.2 Å². The standard InChI is InChI=1S/C14H13NO/c1-2-5-13(16)10-12-9-8-11-6-3-4-7-14(11)15-12/h2-9H,10H2,1H3/b5-2+. The zero-order valence-corrected chi connectivity index (χ0v) is 9.18. The van der Waals surface area contributed by atoms with Crippen LogP contribution in [0, 0.1) is 0 Å². The molecule has 2 aromatic rings. The maximum Gasteiger partial charge on any atom is 0.161 e. The Labute approximate surface area is 94.6 Å². The van der Waals surface area contributed by atoms with E-state index in [2.05, 4.69) is 4.98 Å². The first-order chi connectivity index (χ1) is 7.79. The SMILES string of the molecule is C/C=C/C(=O)Cc1ccc2ccccc2n1. The van der Waals surface area contributed by atoms with Gasteiger partial charge in [0, 0.05) is 11.1 Å². The van der Waals surface area contributed by atoms with E-state index in [1.807, 2.05) is 43.3 Å². The molecule has 16 heavy (non-hydrogen) atoms. The smallest absolute Gasteiger partial charge is 0.161 e. The number of hydrogen-bond acceptors (Lipinski definition) is 2. The number of benzene rings is 1. The normalized spacial score (nSPS) is 11.1. The number of nitrogens with zero attached hydrogens (tertiary/aromatic N) is 1. The number of carbonyl (C=O) groups excluding carboxylic acids is 1. The van der Waals surface area contributed by atoms with E-state index in [4.69, 9.17) is 0 Å². The highest BCUT2D eigenvalue weighted by Crippen LogP contribution is 2.12. The topological polar surface area (TPSA) is 30.0 Å². The van der Waals surface area contributed by atoms with Gasteiger partial charge in [-0.2, -0.15) is 0 Å². The van der Waals surface area contributed by atoms with E-state index in [1.165, 1.54) is 0 Å². The summed E-state index contributed by atoms with van der Waals surface area (Å²) in [7, 11) is 0. The Kier molecular flexibility index (Phi) is 3.10. The summed E-state index contributed by atoms with van der Waals surface area (Å²) < 4.78 is 0. The molecule has 80 valence electrons. The zero-order chi connectivity index (χ0) is 11.4. The lowest BCUT2D eigenvalue weighted by Gasteiger charge is -2.00.